The first-order valence-corrected chi connectivity index (χ1v) is 53.2. The zero-order chi connectivity index (χ0) is 102. The maximum Gasteiger partial charge on any atom is 0.273 e. The van der Waals surface area contributed by atoms with Gasteiger partial charge in [-0.05, 0) is 105 Å². The van der Waals surface area contributed by atoms with Crippen LogP contribution in [0.1, 0.15) is 453 Å². The highest BCUT2D eigenvalue weighted by Gasteiger charge is 2.31. The van der Waals surface area contributed by atoms with Crippen LogP contribution < -0.4 is 91.9 Å². The Morgan fingerprint density at radius 3 is 0.521 bits per heavy atom. The molecule has 0 aliphatic heterocycles. The Morgan fingerprint density at radius 1 is 0.183 bits per heavy atom. The lowest BCUT2D eigenvalue weighted by molar-refractivity contribution is 0.0833. The van der Waals surface area contributed by atoms with Gasteiger partial charge in [0.2, 0.25) is 0 Å². The van der Waals surface area contributed by atoms with Gasteiger partial charge in [-0.25, -0.2) is 0 Å². The molecule has 0 atom stereocenters. The molecule has 0 bridgehead atoms. The van der Waals surface area contributed by atoms with E-state index in [1.165, 1.54) is 152 Å². The van der Waals surface area contributed by atoms with E-state index in [2.05, 4.69) is 95.6 Å². The molecule has 142 heavy (non-hydrogen) atoms. The first-order chi connectivity index (χ1) is 69.4. The number of amides is 10. The van der Waals surface area contributed by atoms with Crippen molar-refractivity contribution in [2.75, 3.05) is 64.5 Å². The number of hydrogen-bond donors (Lipinski definition) is 10. The Hall–Kier alpha value is -12.4. The molecular formula is C114H164N10O18. The normalized spacial score (nSPS) is 10.9. The van der Waals surface area contributed by atoms with E-state index < -0.39 is 59.1 Å². The van der Waals surface area contributed by atoms with Crippen molar-refractivity contribution in [3.8, 4) is 46.0 Å². The zero-order valence-corrected chi connectivity index (χ0v) is 86.2. The largest absolute Gasteiger partial charge is 0.495 e. The van der Waals surface area contributed by atoms with Gasteiger partial charge in [-0.1, -0.05) is 360 Å². The number of ether oxygens (including phenoxy) is 8. The third-order valence-electron chi connectivity index (χ3n) is 24.9. The summed E-state index contributed by atoms with van der Waals surface area (Å²) in [5.74, 6) is -8.28. The Labute approximate surface area is 844 Å². The molecule has 7 rings (SSSR count). The second-order valence-corrected chi connectivity index (χ2v) is 36.5. The Morgan fingerprint density at radius 2 is 0.345 bits per heavy atom. The number of hydrazine groups is 4. The van der Waals surface area contributed by atoms with Gasteiger partial charge in [0.1, 0.15) is 46.0 Å². The molecule has 0 aromatic heterocycles. The Balaban J connectivity index is 1.14. The molecule has 0 radical (unpaired) electrons. The number of nitrogens with one attached hydrogen (secondary N) is 10. The molecule has 0 unspecified atom stereocenters. The lowest BCUT2D eigenvalue weighted by atomic mass is 10.1. The van der Waals surface area contributed by atoms with Gasteiger partial charge in [0.05, 0.1) is 109 Å². The monoisotopic (exact) mass is 1960 g/mol. The number of rotatable bonds is 74. The summed E-state index contributed by atoms with van der Waals surface area (Å²) >= 11 is 0. The molecule has 7 aromatic rings. The number of para-hydroxylation sites is 4. The molecule has 0 spiro atoms. The van der Waals surface area contributed by atoms with Crippen molar-refractivity contribution in [2.24, 2.45) is 0 Å². The van der Waals surface area contributed by atoms with Crippen LogP contribution >= 0.6 is 0 Å². The van der Waals surface area contributed by atoms with Crippen molar-refractivity contribution in [1.82, 2.24) is 43.4 Å². The van der Waals surface area contributed by atoms with E-state index in [1.807, 2.05) is 12.1 Å². The quantitative estimate of drug-likeness (QED) is 0.0125. The van der Waals surface area contributed by atoms with Crippen molar-refractivity contribution >= 4 is 70.4 Å². The number of benzene rings is 7. The van der Waals surface area contributed by atoms with Crippen LogP contribution in [0.3, 0.4) is 0 Å². The molecule has 28 nitrogen and oxygen atoms in total. The van der Waals surface area contributed by atoms with Crippen molar-refractivity contribution in [3.63, 3.8) is 0 Å². The van der Waals surface area contributed by atoms with E-state index in [-0.39, 0.29) is 128 Å². The van der Waals surface area contributed by atoms with E-state index in [4.69, 9.17) is 37.9 Å². The molecule has 0 aliphatic rings. The Kier molecular flexibility index (Phi) is 58.4. The SMILES string of the molecule is CCCCCCCCCCOc1cc(OCCCCCCCCCC)c(C(=O)NNC(=O)c2cccc(C(=O)NNC(=O)c3cc(C(=O)Nc4ccccc4)c(OCCCCCCCCCC)cc3OCCCCCCCCCC)c2OC)cc1C(=O)NNC(=O)c1cccc(C(=O)NNC(=O)c2cc(C(=O)Nc3ccccc3)c(OCCCCCCCCCC)cc2OCCCCCCCCCC)c1OC. The summed E-state index contributed by atoms with van der Waals surface area (Å²) in [7, 11) is 2.48. The van der Waals surface area contributed by atoms with Crippen molar-refractivity contribution in [3.05, 3.63) is 189 Å². The van der Waals surface area contributed by atoms with E-state index in [0.29, 0.717) is 50.3 Å². The summed E-state index contributed by atoms with van der Waals surface area (Å²) in [6.07, 6.45) is 49.8. The van der Waals surface area contributed by atoms with Gasteiger partial charge >= 0.3 is 0 Å². The summed E-state index contributed by atoms with van der Waals surface area (Å²) in [5, 5.41) is 5.84. The highest BCUT2D eigenvalue weighted by Crippen LogP contribution is 2.37. The van der Waals surface area contributed by atoms with Crippen molar-refractivity contribution in [2.45, 2.75) is 350 Å². The van der Waals surface area contributed by atoms with Crippen LogP contribution in [0.15, 0.2) is 133 Å². The number of methoxy groups -OCH3 is 2. The van der Waals surface area contributed by atoms with Crippen LogP contribution in [0.4, 0.5) is 11.4 Å². The Bertz CT molecular complexity index is 4620. The average molecular weight is 1960 g/mol. The number of carbonyl (C=O) groups is 10. The van der Waals surface area contributed by atoms with Crippen molar-refractivity contribution < 1.29 is 85.8 Å². The minimum atomic E-state index is -0.963. The highest BCUT2D eigenvalue weighted by molar-refractivity contribution is 6.12. The lowest BCUT2D eigenvalue weighted by Crippen LogP contribution is -2.43. The van der Waals surface area contributed by atoms with Crippen LogP contribution in [-0.4, -0.2) is 113 Å². The minimum Gasteiger partial charge on any atom is -0.495 e. The highest BCUT2D eigenvalue weighted by atomic mass is 16.5. The third kappa shape index (κ3) is 43.2. The molecule has 10 amide bonds. The standard InChI is InChI=1S/C114H164N10O18/c1-9-15-21-27-33-39-45-57-73-137-97-82-99(139-75-59-47-41-35-29-23-17-11-3)93(79-91(97)105(125)115-85-65-53-51-54-66-85)111(131)121-117-107(127)87-69-63-71-89(103(87)135-7)109(129)119-123-113(133)95-81-96(102(142-78-62-50-44-38-32-26-20-14-6)84-101(95)141-77-61-49-43-37-31-25-19-13-5)114(134)124-120-110(130)90-72-64-70-88(104(90)136-8)108(128)118-122-112(132)94-80-92(106(126)116-86-67-55-52-56-68-86)98(138-74-58-46-40-34-28-22-16-10-2)83-100(94)140-76-60-48-42-36-30-24-18-12-4/h51-56,63-72,79-84H,9-50,57-62,73-78H2,1-8H3,(H,115,125)(H,116,126)(H,117,127)(H,118,128)(H,119,129)(H,120,130)(H,121,131)(H,122,132)(H,123,133)(H,124,134). The molecule has 10 N–H and O–H groups in total. The van der Waals surface area contributed by atoms with Gasteiger partial charge in [0.25, 0.3) is 59.1 Å². The van der Waals surface area contributed by atoms with Gasteiger partial charge in [-0.2, -0.15) is 0 Å². The summed E-state index contributed by atoms with van der Waals surface area (Å²) in [4.78, 5) is 146. The van der Waals surface area contributed by atoms with Gasteiger partial charge in [0, 0.05) is 29.6 Å². The van der Waals surface area contributed by atoms with Gasteiger partial charge in [-0.3, -0.25) is 91.4 Å². The van der Waals surface area contributed by atoms with E-state index >= 15 is 0 Å². The first-order valence-electron chi connectivity index (χ1n) is 53.2. The fraction of sp³-hybridized carbons (Fsp3) is 0.544. The van der Waals surface area contributed by atoms with Crippen LogP contribution in [0.25, 0.3) is 0 Å². The molecule has 28 heteroatoms. The lowest BCUT2D eigenvalue weighted by Gasteiger charge is -2.19. The predicted molar refractivity (Wildman–Crippen MR) is 562 cm³/mol. The maximum atomic E-state index is 15.0. The molecular weight excluding hydrogens is 1800 g/mol. The molecule has 0 aliphatic carbocycles. The second kappa shape index (κ2) is 71.1. The summed E-state index contributed by atoms with van der Waals surface area (Å²) < 4.78 is 49.9. The van der Waals surface area contributed by atoms with Gasteiger partial charge < -0.3 is 48.5 Å². The van der Waals surface area contributed by atoms with Crippen LogP contribution in [0.2, 0.25) is 0 Å². The van der Waals surface area contributed by atoms with Crippen molar-refractivity contribution in [1.29, 1.82) is 0 Å². The number of hydrogen-bond acceptors (Lipinski definition) is 18. The summed E-state index contributed by atoms with van der Waals surface area (Å²) in [6, 6.07) is 34.5. The second-order valence-electron chi connectivity index (χ2n) is 36.5. The van der Waals surface area contributed by atoms with Gasteiger partial charge in [-0.15, -0.1) is 0 Å². The fourth-order valence-electron chi connectivity index (χ4n) is 16.6. The molecule has 7 aromatic carbocycles. The van der Waals surface area contributed by atoms with Crippen LogP contribution in [0, 0.1) is 0 Å². The minimum absolute atomic E-state index is 0.00586. The van der Waals surface area contributed by atoms with E-state index in [9.17, 15) is 47.9 Å². The molecule has 778 valence electrons. The van der Waals surface area contributed by atoms with Crippen LogP contribution in [-0.2, 0) is 0 Å². The van der Waals surface area contributed by atoms with E-state index in [1.54, 1.807) is 60.7 Å². The fourth-order valence-corrected chi connectivity index (χ4v) is 16.6. The average Bonchev–Trinajstić information content (AvgIpc) is 0.802. The number of anilines is 2. The molecule has 0 saturated heterocycles. The number of carbonyl (C=O) groups excluding carboxylic acids is 10. The molecule has 0 saturated carbocycles. The van der Waals surface area contributed by atoms with Crippen LogP contribution in [0.5, 0.6) is 46.0 Å². The zero-order valence-electron chi connectivity index (χ0n) is 86.2. The van der Waals surface area contributed by atoms with Gasteiger partial charge in [0.15, 0.2) is 0 Å². The predicted octanol–water partition coefficient (Wildman–Crippen LogP) is 25.6. The first kappa shape index (κ1) is 117. The molecule has 0 fully saturated rings. The topological polar surface area (TPSA) is 365 Å². The summed E-state index contributed by atoms with van der Waals surface area (Å²) in [5.41, 5.74) is 19.3. The maximum absolute atomic E-state index is 15.0. The summed E-state index contributed by atoms with van der Waals surface area (Å²) in [6.45, 7) is 14.5. The third-order valence-corrected chi connectivity index (χ3v) is 24.9. The molecule has 0 heterocycles. The smallest absolute Gasteiger partial charge is 0.273 e. The number of unbranched alkanes of at least 4 members (excludes halogenated alkanes) is 42. The van der Waals surface area contributed by atoms with E-state index in [0.717, 1.165) is 205 Å².